The average Bonchev–Trinajstić information content (AvgIpc) is 2.52. The standard InChI is InChI=1S/C15H13N3O3/c19-15(13-7-4-8-14(11-13)18(20)21)17-16-10-9-12-5-2-1-3-6-12/h1-8,10-11H,9H2,(H,17,19). The Kier molecular flexibility index (Phi) is 4.76. The normalized spacial score (nSPS) is 10.5. The van der Waals surface area contributed by atoms with Crippen LogP contribution in [-0.2, 0) is 6.42 Å². The van der Waals surface area contributed by atoms with E-state index >= 15 is 0 Å². The van der Waals surface area contributed by atoms with E-state index < -0.39 is 10.8 Å². The number of nitro benzene ring substituents is 1. The van der Waals surface area contributed by atoms with Gasteiger partial charge in [-0.2, -0.15) is 5.10 Å². The molecule has 6 heteroatoms. The Labute approximate surface area is 121 Å². The minimum Gasteiger partial charge on any atom is -0.267 e. The molecule has 0 aromatic heterocycles. The lowest BCUT2D eigenvalue weighted by molar-refractivity contribution is -0.384. The lowest BCUT2D eigenvalue weighted by Gasteiger charge is -1.99. The number of benzene rings is 2. The lowest BCUT2D eigenvalue weighted by atomic mass is 10.2. The molecule has 0 fully saturated rings. The van der Waals surface area contributed by atoms with Crippen LogP contribution in [0.4, 0.5) is 5.69 Å². The van der Waals surface area contributed by atoms with Crippen LogP contribution in [0.2, 0.25) is 0 Å². The smallest absolute Gasteiger partial charge is 0.267 e. The van der Waals surface area contributed by atoms with E-state index in [1.165, 1.54) is 24.3 Å². The minimum atomic E-state index is -0.546. The molecule has 21 heavy (non-hydrogen) atoms. The summed E-state index contributed by atoms with van der Waals surface area (Å²) in [5.74, 6) is -0.483. The third-order valence-electron chi connectivity index (χ3n) is 2.75. The molecular formula is C15H13N3O3. The van der Waals surface area contributed by atoms with Crippen LogP contribution < -0.4 is 5.43 Å². The zero-order valence-corrected chi connectivity index (χ0v) is 11.1. The molecule has 0 atom stereocenters. The fourth-order valence-electron chi connectivity index (χ4n) is 1.69. The Bertz CT molecular complexity index is 669. The lowest BCUT2D eigenvalue weighted by Crippen LogP contribution is -2.17. The second-order valence-electron chi connectivity index (χ2n) is 4.25. The topological polar surface area (TPSA) is 84.6 Å². The Morgan fingerprint density at radius 3 is 2.67 bits per heavy atom. The van der Waals surface area contributed by atoms with E-state index in [0.717, 1.165) is 5.56 Å². The third kappa shape index (κ3) is 4.24. The number of nitrogens with zero attached hydrogens (tertiary/aromatic N) is 2. The molecule has 2 rings (SSSR count). The maximum absolute atomic E-state index is 11.8. The number of hydrogen-bond acceptors (Lipinski definition) is 4. The molecule has 2 aromatic rings. The van der Waals surface area contributed by atoms with Gasteiger partial charge in [0.15, 0.2) is 0 Å². The van der Waals surface area contributed by atoms with Crippen LogP contribution in [0, 0.1) is 10.1 Å². The van der Waals surface area contributed by atoms with E-state index in [4.69, 9.17) is 0 Å². The highest BCUT2D eigenvalue weighted by Crippen LogP contribution is 2.12. The number of rotatable bonds is 5. The fourth-order valence-corrected chi connectivity index (χ4v) is 1.69. The van der Waals surface area contributed by atoms with E-state index in [1.807, 2.05) is 30.3 Å². The van der Waals surface area contributed by atoms with Gasteiger partial charge < -0.3 is 0 Å². The fraction of sp³-hybridized carbons (Fsp3) is 0.0667. The van der Waals surface area contributed by atoms with Gasteiger partial charge >= 0.3 is 0 Å². The molecule has 0 saturated heterocycles. The minimum absolute atomic E-state index is 0.129. The highest BCUT2D eigenvalue weighted by molar-refractivity contribution is 5.94. The second-order valence-corrected chi connectivity index (χ2v) is 4.25. The zero-order valence-electron chi connectivity index (χ0n) is 11.1. The van der Waals surface area contributed by atoms with Crippen LogP contribution in [0.3, 0.4) is 0 Å². The molecule has 0 saturated carbocycles. The number of amides is 1. The number of carbonyl (C=O) groups excluding carboxylic acids is 1. The molecule has 0 radical (unpaired) electrons. The first-order valence-corrected chi connectivity index (χ1v) is 6.27. The van der Waals surface area contributed by atoms with Crippen LogP contribution in [0.5, 0.6) is 0 Å². The van der Waals surface area contributed by atoms with Crippen LogP contribution in [0.1, 0.15) is 15.9 Å². The first-order valence-electron chi connectivity index (χ1n) is 6.27. The number of hydrazone groups is 1. The van der Waals surface area contributed by atoms with Crippen molar-refractivity contribution in [2.45, 2.75) is 6.42 Å². The molecule has 1 amide bonds. The predicted octanol–water partition coefficient (Wildman–Crippen LogP) is 2.55. The second kappa shape index (κ2) is 6.95. The molecule has 0 heterocycles. The summed E-state index contributed by atoms with van der Waals surface area (Å²) in [7, 11) is 0. The van der Waals surface area contributed by atoms with Gasteiger partial charge in [-0.3, -0.25) is 14.9 Å². The van der Waals surface area contributed by atoms with E-state index in [2.05, 4.69) is 10.5 Å². The van der Waals surface area contributed by atoms with Gasteiger partial charge in [-0.25, -0.2) is 5.43 Å². The van der Waals surface area contributed by atoms with Crippen LogP contribution in [-0.4, -0.2) is 17.0 Å². The van der Waals surface area contributed by atoms with Gasteiger partial charge in [-0.1, -0.05) is 36.4 Å². The molecule has 6 nitrogen and oxygen atoms in total. The average molecular weight is 283 g/mol. The zero-order chi connectivity index (χ0) is 15.1. The summed E-state index contributed by atoms with van der Waals surface area (Å²) < 4.78 is 0. The summed E-state index contributed by atoms with van der Waals surface area (Å²) in [5, 5.41) is 14.5. The summed E-state index contributed by atoms with van der Waals surface area (Å²) in [6.45, 7) is 0. The highest BCUT2D eigenvalue weighted by Gasteiger charge is 2.10. The summed E-state index contributed by atoms with van der Waals surface area (Å²) >= 11 is 0. The molecular weight excluding hydrogens is 270 g/mol. The Balaban J connectivity index is 1.92. The molecule has 1 N–H and O–H groups in total. The van der Waals surface area contributed by atoms with Crippen LogP contribution >= 0.6 is 0 Å². The summed E-state index contributed by atoms with van der Waals surface area (Å²) in [6, 6.07) is 15.2. The van der Waals surface area contributed by atoms with Crippen molar-refractivity contribution >= 4 is 17.8 Å². The number of nitrogens with one attached hydrogen (secondary N) is 1. The van der Waals surface area contributed by atoms with Crippen LogP contribution in [0.25, 0.3) is 0 Å². The van der Waals surface area contributed by atoms with Gasteiger partial charge in [0.25, 0.3) is 11.6 Å². The maximum atomic E-state index is 11.8. The van der Waals surface area contributed by atoms with Crippen molar-refractivity contribution in [3.05, 3.63) is 75.8 Å². The quantitative estimate of drug-likeness (QED) is 0.520. The van der Waals surface area contributed by atoms with Crippen molar-refractivity contribution in [3.8, 4) is 0 Å². The summed E-state index contributed by atoms with van der Waals surface area (Å²) in [5.41, 5.74) is 3.48. The molecule has 0 aliphatic heterocycles. The van der Waals surface area contributed by atoms with Gasteiger partial charge in [-0.05, 0) is 11.6 Å². The molecule has 106 valence electrons. The van der Waals surface area contributed by atoms with Crippen molar-refractivity contribution in [1.82, 2.24) is 5.43 Å². The van der Waals surface area contributed by atoms with Crippen molar-refractivity contribution in [2.75, 3.05) is 0 Å². The third-order valence-corrected chi connectivity index (χ3v) is 2.75. The molecule has 2 aromatic carbocycles. The van der Waals surface area contributed by atoms with Crippen LogP contribution in [0.15, 0.2) is 59.7 Å². The predicted molar refractivity (Wildman–Crippen MR) is 79.2 cm³/mol. The largest absolute Gasteiger partial charge is 0.271 e. The van der Waals surface area contributed by atoms with Gasteiger partial charge in [-0.15, -0.1) is 0 Å². The van der Waals surface area contributed by atoms with Crippen molar-refractivity contribution in [2.24, 2.45) is 5.10 Å². The Hall–Kier alpha value is -3.02. The monoisotopic (exact) mass is 283 g/mol. The van der Waals surface area contributed by atoms with E-state index in [1.54, 1.807) is 6.21 Å². The number of nitro groups is 1. The molecule has 0 unspecified atom stereocenters. The number of non-ortho nitro benzene ring substituents is 1. The van der Waals surface area contributed by atoms with Crippen molar-refractivity contribution in [3.63, 3.8) is 0 Å². The highest BCUT2D eigenvalue weighted by atomic mass is 16.6. The first kappa shape index (κ1) is 14.4. The summed E-state index contributed by atoms with van der Waals surface area (Å²) in [6.07, 6.45) is 2.17. The summed E-state index contributed by atoms with van der Waals surface area (Å²) in [4.78, 5) is 21.9. The molecule has 0 bridgehead atoms. The van der Waals surface area contributed by atoms with E-state index in [0.29, 0.717) is 6.42 Å². The van der Waals surface area contributed by atoms with Gasteiger partial charge in [0.05, 0.1) is 4.92 Å². The first-order chi connectivity index (χ1) is 10.2. The Morgan fingerprint density at radius 2 is 1.95 bits per heavy atom. The van der Waals surface area contributed by atoms with Gasteiger partial charge in [0.1, 0.15) is 0 Å². The molecule has 0 aliphatic carbocycles. The van der Waals surface area contributed by atoms with Crippen molar-refractivity contribution in [1.29, 1.82) is 0 Å². The number of carbonyl (C=O) groups is 1. The molecule has 0 spiro atoms. The molecule has 0 aliphatic rings. The van der Waals surface area contributed by atoms with E-state index in [9.17, 15) is 14.9 Å². The maximum Gasteiger partial charge on any atom is 0.271 e. The van der Waals surface area contributed by atoms with E-state index in [-0.39, 0.29) is 11.3 Å². The SMILES string of the molecule is O=C(NN=CCc1ccccc1)c1cccc([N+](=O)[O-])c1. The number of hydrogen-bond donors (Lipinski definition) is 1. The van der Waals surface area contributed by atoms with Gasteiger partial charge in [0, 0.05) is 30.3 Å². The van der Waals surface area contributed by atoms with Gasteiger partial charge in [0.2, 0.25) is 0 Å². The van der Waals surface area contributed by atoms with Crippen molar-refractivity contribution < 1.29 is 9.72 Å². The Morgan fingerprint density at radius 1 is 1.19 bits per heavy atom.